The lowest BCUT2D eigenvalue weighted by Gasteiger charge is -2.26. The van der Waals surface area contributed by atoms with Crippen LogP contribution in [0, 0.1) is 11.3 Å². The van der Waals surface area contributed by atoms with Gasteiger partial charge >= 0.3 is 0 Å². The van der Waals surface area contributed by atoms with Crippen molar-refractivity contribution in [2.75, 3.05) is 11.5 Å². The van der Waals surface area contributed by atoms with Gasteiger partial charge in [-0.3, -0.25) is 0 Å². The van der Waals surface area contributed by atoms with Crippen LogP contribution in [0.1, 0.15) is 5.56 Å². The molecular formula is C10H8ClNOS. The average Bonchev–Trinajstić information content (AvgIpc) is 2.13. The molecule has 1 aromatic rings. The maximum atomic E-state index is 8.64. The number of hydrogen-bond donors (Lipinski definition) is 0. The Balaban J connectivity index is 2.14. The van der Waals surface area contributed by atoms with Crippen molar-refractivity contribution >= 4 is 23.4 Å². The normalized spacial score (nSPS) is 15.7. The fourth-order valence-corrected chi connectivity index (χ4v) is 1.92. The molecule has 2 nitrogen and oxygen atoms in total. The summed E-state index contributed by atoms with van der Waals surface area (Å²) in [5.74, 6) is 2.73. The smallest absolute Gasteiger partial charge is 0.138 e. The highest BCUT2D eigenvalue weighted by atomic mass is 35.5. The van der Waals surface area contributed by atoms with E-state index in [1.807, 2.05) is 17.8 Å². The second-order valence-electron chi connectivity index (χ2n) is 3.03. The molecule has 0 aliphatic carbocycles. The maximum absolute atomic E-state index is 8.64. The zero-order chi connectivity index (χ0) is 9.97. The summed E-state index contributed by atoms with van der Waals surface area (Å²) in [6.07, 6.45) is 0.283. The molecule has 1 aromatic carbocycles. The Labute approximate surface area is 91.8 Å². The predicted octanol–water partition coefficient (Wildman–Crippen LogP) is 2.71. The third-order valence-corrected chi connectivity index (χ3v) is 3.47. The number of benzene rings is 1. The van der Waals surface area contributed by atoms with Crippen molar-refractivity contribution in [3.8, 4) is 11.8 Å². The van der Waals surface area contributed by atoms with Gasteiger partial charge < -0.3 is 4.74 Å². The van der Waals surface area contributed by atoms with E-state index in [0.29, 0.717) is 16.3 Å². The number of halogens is 1. The predicted molar refractivity (Wildman–Crippen MR) is 57.9 cm³/mol. The first kappa shape index (κ1) is 9.70. The molecule has 1 saturated heterocycles. The minimum absolute atomic E-state index is 0.283. The standard InChI is InChI=1S/C10H8ClNOS/c11-9-3-7(4-12)1-2-10(9)13-8-5-14-6-8/h1-3,8H,5-6H2. The average molecular weight is 226 g/mol. The van der Waals surface area contributed by atoms with E-state index in [9.17, 15) is 0 Å². The SMILES string of the molecule is N#Cc1ccc(OC2CSC2)c(Cl)c1. The van der Waals surface area contributed by atoms with Crippen molar-refractivity contribution in [2.45, 2.75) is 6.10 Å². The van der Waals surface area contributed by atoms with E-state index in [2.05, 4.69) is 0 Å². The number of nitrogens with zero attached hydrogens (tertiary/aromatic N) is 1. The first-order valence-corrected chi connectivity index (χ1v) is 5.77. The van der Waals surface area contributed by atoms with Gasteiger partial charge in [-0.1, -0.05) is 11.6 Å². The van der Waals surface area contributed by atoms with Crippen molar-refractivity contribution in [1.29, 1.82) is 5.26 Å². The summed E-state index contributed by atoms with van der Waals surface area (Å²) in [5.41, 5.74) is 0.560. The van der Waals surface area contributed by atoms with Crippen LogP contribution in [-0.2, 0) is 0 Å². The zero-order valence-corrected chi connectivity index (χ0v) is 8.94. The molecule has 0 saturated carbocycles. The Morgan fingerprint density at radius 1 is 1.50 bits per heavy atom. The van der Waals surface area contributed by atoms with Crippen LogP contribution in [-0.4, -0.2) is 17.6 Å². The molecule has 1 fully saturated rings. The minimum atomic E-state index is 0.283. The third kappa shape index (κ3) is 1.97. The van der Waals surface area contributed by atoms with Crippen molar-refractivity contribution < 1.29 is 4.74 Å². The molecule has 0 radical (unpaired) electrons. The van der Waals surface area contributed by atoms with E-state index in [1.54, 1.807) is 18.2 Å². The van der Waals surface area contributed by atoms with E-state index in [-0.39, 0.29) is 6.10 Å². The highest BCUT2D eigenvalue weighted by molar-refractivity contribution is 8.00. The van der Waals surface area contributed by atoms with Crippen LogP contribution in [0.25, 0.3) is 0 Å². The summed E-state index contributed by atoms with van der Waals surface area (Å²) in [7, 11) is 0. The van der Waals surface area contributed by atoms with E-state index >= 15 is 0 Å². The van der Waals surface area contributed by atoms with Gasteiger partial charge in [-0.05, 0) is 18.2 Å². The Morgan fingerprint density at radius 2 is 2.29 bits per heavy atom. The van der Waals surface area contributed by atoms with Crippen LogP contribution in [0.2, 0.25) is 5.02 Å². The van der Waals surface area contributed by atoms with Crippen LogP contribution >= 0.6 is 23.4 Å². The van der Waals surface area contributed by atoms with Gasteiger partial charge in [0.1, 0.15) is 11.9 Å². The van der Waals surface area contributed by atoms with Crippen LogP contribution in [0.5, 0.6) is 5.75 Å². The molecule has 4 heteroatoms. The highest BCUT2D eigenvalue weighted by Crippen LogP contribution is 2.30. The molecule has 0 unspecified atom stereocenters. The van der Waals surface area contributed by atoms with Gasteiger partial charge in [0.15, 0.2) is 0 Å². The van der Waals surface area contributed by atoms with E-state index < -0.39 is 0 Å². The van der Waals surface area contributed by atoms with Crippen LogP contribution in [0.4, 0.5) is 0 Å². The number of hydrogen-bond acceptors (Lipinski definition) is 3. The van der Waals surface area contributed by atoms with Gasteiger partial charge in [0, 0.05) is 11.5 Å². The van der Waals surface area contributed by atoms with E-state index in [4.69, 9.17) is 21.6 Å². The quantitative estimate of drug-likeness (QED) is 0.776. The molecule has 0 N–H and O–H groups in total. The number of thioether (sulfide) groups is 1. The minimum Gasteiger partial charge on any atom is -0.487 e. The molecule has 2 rings (SSSR count). The molecule has 0 bridgehead atoms. The van der Waals surface area contributed by atoms with Crippen molar-refractivity contribution in [3.63, 3.8) is 0 Å². The van der Waals surface area contributed by atoms with E-state index in [0.717, 1.165) is 11.5 Å². The molecule has 1 heterocycles. The van der Waals surface area contributed by atoms with E-state index in [1.165, 1.54) is 0 Å². The van der Waals surface area contributed by atoms with Gasteiger partial charge in [-0.2, -0.15) is 17.0 Å². The van der Waals surface area contributed by atoms with Crippen LogP contribution in [0.15, 0.2) is 18.2 Å². The topological polar surface area (TPSA) is 33.0 Å². The maximum Gasteiger partial charge on any atom is 0.138 e. The summed E-state index contributed by atoms with van der Waals surface area (Å²) in [5, 5.41) is 9.15. The number of nitriles is 1. The van der Waals surface area contributed by atoms with Gasteiger partial charge in [-0.25, -0.2) is 0 Å². The Bertz CT molecular complexity index is 384. The first-order valence-electron chi connectivity index (χ1n) is 4.23. The lowest BCUT2D eigenvalue weighted by Crippen LogP contribution is -2.31. The highest BCUT2D eigenvalue weighted by Gasteiger charge is 2.20. The number of rotatable bonds is 2. The largest absolute Gasteiger partial charge is 0.487 e. The molecule has 0 amide bonds. The van der Waals surface area contributed by atoms with Gasteiger partial charge in [0.05, 0.1) is 16.7 Å². The van der Waals surface area contributed by atoms with Crippen molar-refractivity contribution in [3.05, 3.63) is 28.8 Å². The second kappa shape index (κ2) is 4.12. The Hall–Kier alpha value is -0.850. The van der Waals surface area contributed by atoms with Crippen molar-refractivity contribution in [1.82, 2.24) is 0 Å². The molecular weight excluding hydrogens is 218 g/mol. The zero-order valence-electron chi connectivity index (χ0n) is 7.37. The first-order chi connectivity index (χ1) is 6.79. The van der Waals surface area contributed by atoms with Gasteiger partial charge in [0.2, 0.25) is 0 Å². The molecule has 1 aliphatic heterocycles. The molecule has 0 aromatic heterocycles. The fourth-order valence-electron chi connectivity index (χ4n) is 1.13. The number of ether oxygens (including phenoxy) is 1. The Kier molecular flexibility index (Phi) is 2.85. The summed E-state index contributed by atoms with van der Waals surface area (Å²) in [6, 6.07) is 7.13. The van der Waals surface area contributed by atoms with Crippen molar-refractivity contribution in [2.24, 2.45) is 0 Å². The molecule has 1 aliphatic rings. The fraction of sp³-hybridized carbons (Fsp3) is 0.300. The summed E-state index contributed by atoms with van der Waals surface area (Å²) in [4.78, 5) is 0. The summed E-state index contributed by atoms with van der Waals surface area (Å²) < 4.78 is 5.62. The molecule has 0 spiro atoms. The van der Waals surface area contributed by atoms with Gasteiger partial charge in [0.25, 0.3) is 0 Å². The monoisotopic (exact) mass is 225 g/mol. The second-order valence-corrected chi connectivity index (χ2v) is 4.52. The lowest BCUT2D eigenvalue weighted by atomic mass is 10.2. The van der Waals surface area contributed by atoms with Crippen LogP contribution < -0.4 is 4.74 Å². The van der Waals surface area contributed by atoms with Crippen LogP contribution in [0.3, 0.4) is 0 Å². The molecule has 14 heavy (non-hydrogen) atoms. The lowest BCUT2D eigenvalue weighted by molar-refractivity contribution is 0.240. The van der Waals surface area contributed by atoms with Gasteiger partial charge in [-0.15, -0.1) is 0 Å². The summed E-state index contributed by atoms with van der Waals surface area (Å²) in [6.45, 7) is 0. The third-order valence-electron chi connectivity index (χ3n) is 1.96. The molecule has 72 valence electrons. The Morgan fingerprint density at radius 3 is 2.79 bits per heavy atom. The molecule has 0 atom stereocenters. The summed E-state index contributed by atoms with van der Waals surface area (Å²) >= 11 is 7.81.